The quantitative estimate of drug-likeness (QED) is 0.789. The first-order valence-corrected chi connectivity index (χ1v) is 6.47. The zero-order valence-electron chi connectivity index (χ0n) is 10.8. The number of aromatic nitrogens is 3. The molecule has 5 heteroatoms. The molecule has 0 saturated heterocycles. The van der Waals surface area contributed by atoms with Gasteiger partial charge in [0.05, 0.1) is 16.6 Å². The van der Waals surface area contributed by atoms with E-state index in [0.29, 0.717) is 11.7 Å². The van der Waals surface area contributed by atoms with Gasteiger partial charge in [-0.25, -0.2) is 0 Å². The zero-order chi connectivity index (χ0) is 13.1. The molecule has 0 amide bonds. The van der Waals surface area contributed by atoms with E-state index in [0.717, 1.165) is 29.8 Å². The average Bonchev–Trinajstić information content (AvgIpc) is 2.78. The van der Waals surface area contributed by atoms with E-state index in [1.807, 2.05) is 26.0 Å². The van der Waals surface area contributed by atoms with Crippen LogP contribution < -0.4 is 0 Å². The molecule has 2 heterocycles. The lowest BCUT2D eigenvalue weighted by Gasteiger charge is -2.01. The van der Waals surface area contributed by atoms with Gasteiger partial charge in [0, 0.05) is 5.69 Å². The van der Waals surface area contributed by atoms with Gasteiger partial charge in [0.25, 0.3) is 5.89 Å². The minimum absolute atomic E-state index is 0.189. The van der Waals surface area contributed by atoms with E-state index < -0.39 is 0 Å². The first-order valence-electron chi connectivity index (χ1n) is 6.04. The van der Waals surface area contributed by atoms with E-state index in [1.54, 1.807) is 0 Å². The summed E-state index contributed by atoms with van der Waals surface area (Å²) in [5.41, 5.74) is 2.71. The summed E-state index contributed by atoms with van der Waals surface area (Å²) < 4.78 is 5.25. The second-order valence-electron chi connectivity index (χ2n) is 4.30. The molecule has 0 saturated carbocycles. The Balaban J connectivity index is 2.29. The Morgan fingerprint density at radius 2 is 2.06 bits per heavy atom. The van der Waals surface area contributed by atoms with Crippen molar-refractivity contribution in [3.63, 3.8) is 0 Å². The maximum Gasteiger partial charge on any atom is 0.259 e. The fourth-order valence-corrected chi connectivity index (χ4v) is 2.07. The molecule has 0 aliphatic heterocycles. The van der Waals surface area contributed by atoms with E-state index in [4.69, 9.17) is 16.1 Å². The largest absolute Gasteiger partial charge is 0.334 e. The molecule has 0 aliphatic rings. The lowest BCUT2D eigenvalue weighted by molar-refractivity contribution is 0.420. The summed E-state index contributed by atoms with van der Waals surface area (Å²) in [6.07, 6.45) is 1.83. The highest BCUT2D eigenvalue weighted by atomic mass is 35.5. The van der Waals surface area contributed by atoms with Crippen LogP contribution in [-0.4, -0.2) is 15.1 Å². The zero-order valence-corrected chi connectivity index (χ0v) is 11.5. The van der Waals surface area contributed by atoms with Crippen molar-refractivity contribution in [2.24, 2.45) is 0 Å². The topological polar surface area (TPSA) is 51.8 Å². The van der Waals surface area contributed by atoms with Crippen molar-refractivity contribution in [3.8, 4) is 11.5 Å². The van der Waals surface area contributed by atoms with Gasteiger partial charge in [-0.3, -0.25) is 4.98 Å². The molecule has 1 atom stereocenters. The van der Waals surface area contributed by atoms with E-state index in [2.05, 4.69) is 22.0 Å². The monoisotopic (exact) mass is 265 g/mol. The van der Waals surface area contributed by atoms with Gasteiger partial charge in [0.1, 0.15) is 0 Å². The molecular weight excluding hydrogens is 250 g/mol. The highest BCUT2D eigenvalue weighted by Crippen LogP contribution is 2.26. The standard InChI is InChI=1S/C13H16ClN3O/c1-4-5-11(14)12-16-13(18-17-12)10-7-6-8(2)15-9(10)3/h6-7,11H,4-5H2,1-3H3. The fraction of sp³-hybridized carbons (Fsp3) is 0.462. The second-order valence-corrected chi connectivity index (χ2v) is 4.83. The van der Waals surface area contributed by atoms with E-state index in [9.17, 15) is 0 Å². The maximum absolute atomic E-state index is 6.17. The molecular formula is C13H16ClN3O. The second kappa shape index (κ2) is 5.48. The van der Waals surface area contributed by atoms with Crippen LogP contribution in [0.15, 0.2) is 16.7 Å². The predicted octanol–water partition coefficient (Wildman–Crippen LogP) is 3.83. The van der Waals surface area contributed by atoms with Crippen LogP contribution in [0.25, 0.3) is 11.5 Å². The third-order valence-electron chi connectivity index (χ3n) is 2.72. The summed E-state index contributed by atoms with van der Waals surface area (Å²) in [6, 6.07) is 3.87. The summed E-state index contributed by atoms with van der Waals surface area (Å²) in [5.74, 6) is 1.03. The van der Waals surface area contributed by atoms with Gasteiger partial charge in [-0.15, -0.1) is 11.6 Å². The summed E-state index contributed by atoms with van der Waals surface area (Å²) in [7, 11) is 0. The summed E-state index contributed by atoms with van der Waals surface area (Å²) in [5, 5.41) is 3.74. The molecule has 2 rings (SSSR count). The van der Waals surface area contributed by atoms with Crippen LogP contribution >= 0.6 is 11.6 Å². The Morgan fingerprint density at radius 3 is 2.72 bits per heavy atom. The molecule has 2 aromatic rings. The first-order chi connectivity index (χ1) is 8.61. The molecule has 18 heavy (non-hydrogen) atoms. The van der Waals surface area contributed by atoms with Crippen molar-refractivity contribution < 1.29 is 4.52 Å². The smallest absolute Gasteiger partial charge is 0.259 e. The third kappa shape index (κ3) is 2.70. The molecule has 2 aromatic heterocycles. The molecule has 96 valence electrons. The number of pyridine rings is 1. The van der Waals surface area contributed by atoms with Gasteiger partial charge in [-0.05, 0) is 32.4 Å². The summed E-state index contributed by atoms with van der Waals surface area (Å²) >= 11 is 6.17. The van der Waals surface area contributed by atoms with E-state index in [1.165, 1.54) is 0 Å². The van der Waals surface area contributed by atoms with Crippen LogP contribution in [-0.2, 0) is 0 Å². The number of hydrogen-bond donors (Lipinski definition) is 0. The van der Waals surface area contributed by atoms with Crippen LogP contribution in [0.1, 0.15) is 42.4 Å². The Morgan fingerprint density at radius 1 is 1.28 bits per heavy atom. The normalized spacial score (nSPS) is 12.7. The number of alkyl halides is 1. The number of rotatable bonds is 4. The highest BCUT2D eigenvalue weighted by Gasteiger charge is 2.17. The highest BCUT2D eigenvalue weighted by molar-refractivity contribution is 6.20. The van der Waals surface area contributed by atoms with Gasteiger partial charge in [-0.2, -0.15) is 4.98 Å². The van der Waals surface area contributed by atoms with Crippen molar-refractivity contribution in [1.82, 2.24) is 15.1 Å². The maximum atomic E-state index is 6.17. The van der Waals surface area contributed by atoms with Crippen LogP contribution in [0.4, 0.5) is 0 Å². The molecule has 0 aromatic carbocycles. The molecule has 0 fully saturated rings. The number of hydrogen-bond acceptors (Lipinski definition) is 4. The minimum atomic E-state index is -0.189. The number of nitrogens with zero attached hydrogens (tertiary/aromatic N) is 3. The van der Waals surface area contributed by atoms with Crippen molar-refractivity contribution in [2.45, 2.75) is 39.0 Å². The Labute approximate surface area is 111 Å². The molecule has 0 spiro atoms. The van der Waals surface area contributed by atoms with E-state index in [-0.39, 0.29) is 5.38 Å². The lowest BCUT2D eigenvalue weighted by atomic mass is 10.2. The fourth-order valence-electron chi connectivity index (χ4n) is 1.77. The molecule has 0 aliphatic carbocycles. The predicted molar refractivity (Wildman–Crippen MR) is 70.5 cm³/mol. The van der Waals surface area contributed by atoms with Crippen LogP contribution in [0, 0.1) is 13.8 Å². The average molecular weight is 266 g/mol. The molecule has 0 N–H and O–H groups in total. The number of halogens is 1. The molecule has 0 bridgehead atoms. The summed E-state index contributed by atoms with van der Waals surface area (Å²) in [6.45, 7) is 5.95. The first kappa shape index (κ1) is 13.0. The van der Waals surface area contributed by atoms with Crippen LogP contribution in [0.3, 0.4) is 0 Å². The van der Waals surface area contributed by atoms with Gasteiger partial charge < -0.3 is 4.52 Å². The summed E-state index contributed by atoms with van der Waals surface area (Å²) in [4.78, 5) is 8.72. The van der Waals surface area contributed by atoms with Gasteiger partial charge in [-0.1, -0.05) is 18.5 Å². The number of aryl methyl sites for hydroxylation is 2. The van der Waals surface area contributed by atoms with Crippen LogP contribution in [0.5, 0.6) is 0 Å². The SMILES string of the molecule is CCCC(Cl)c1noc(-c2ccc(C)nc2C)n1. The lowest BCUT2D eigenvalue weighted by Crippen LogP contribution is -1.93. The van der Waals surface area contributed by atoms with Gasteiger partial charge >= 0.3 is 0 Å². The molecule has 0 radical (unpaired) electrons. The van der Waals surface area contributed by atoms with Crippen molar-refractivity contribution in [1.29, 1.82) is 0 Å². The van der Waals surface area contributed by atoms with Crippen LogP contribution in [0.2, 0.25) is 0 Å². The third-order valence-corrected chi connectivity index (χ3v) is 3.13. The Hall–Kier alpha value is -1.42. The minimum Gasteiger partial charge on any atom is -0.334 e. The molecule has 1 unspecified atom stereocenters. The van der Waals surface area contributed by atoms with Crippen molar-refractivity contribution in [2.75, 3.05) is 0 Å². The van der Waals surface area contributed by atoms with Gasteiger partial charge in [0.2, 0.25) is 0 Å². The van der Waals surface area contributed by atoms with E-state index >= 15 is 0 Å². The molecule has 4 nitrogen and oxygen atoms in total. The van der Waals surface area contributed by atoms with Gasteiger partial charge in [0.15, 0.2) is 5.82 Å². The Kier molecular flexibility index (Phi) is 3.97. The van der Waals surface area contributed by atoms with Crippen molar-refractivity contribution >= 4 is 11.6 Å². The van der Waals surface area contributed by atoms with Crippen molar-refractivity contribution in [3.05, 3.63) is 29.3 Å². The Bertz CT molecular complexity index is 539.